The van der Waals surface area contributed by atoms with Crippen molar-refractivity contribution in [1.29, 1.82) is 0 Å². The number of carbonyl (C=O) groups excluding carboxylic acids is 2. The molecule has 28 heavy (non-hydrogen) atoms. The summed E-state index contributed by atoms with van der Waals surface area (Å²) in [5.74, 6) is 0.168. The Morgan fingerprint density at radius 1 is 1.00 bits per heavy atom. The molecule has 2 aromatic rings. The Balaban J connectivity index is 1.65. The first-order valence-electron chi connectivity index (χ1n) is 9.63. The first-order valence-corrected chi connectivity index (χ1v) is 10.6. The molecule has 1 aliphatic heterocycles. The minimum atomic E-state index is -0.161. The lowest BCUT2D eigenvalue weighted by molar-refractivity contribution is -0.125. The monoisotopic (exact) mass is 397 g/mol. The minimum absolute atomic E-state index is 0.0218. The van der Waals surface area contributed by atoms with Crippen molar-refractivity contribution in [2.24, 2.45) is 0 Å². The third-order valence-corrected chi connectivity index (χ3v) is 5.89. The second kappa shape index (κ2) is 9.64. The van der Waals surface area contributed by atoms with Crippen molar-refractivity contribution in [3.63, 3.8) is 0 Å². The molecule has 6 heteroatoms. The van der Waals surface area contributed by atoms with E-state index < -0.39 is 0 Å². The number of rotatable bonds is 6. The first kappa shape index (κ1) is 20.3. The summed E-state index contributed by atoms with van der Waals surface area (Å²) < 4.78 is 0. The smallest absolute Gasteiger partial charge is 0.256 e. The van der Waals surface area contributed by atoms with Crippen LogP contribution in [-0.4, -0.2) is 49.7 Å². The van der Waals surface area contributed by atoms with Crippen LogP contribution in [0.2, 0.25) is 0 Å². The molecule has 0 saturated carbocycles. The Morgan fingerprint density at radius 3 is 2.36 bits per heavy atom. The SMILES string of the molecule is CN(C)C(=O)CSc1ccccc1C(=O)Nc1ccc(N2CCCCC2)cc1. The second-order valence-corrected chi connectivity index (χ2v) is 8.14. The van der Waals surface area contributed by atoms with Crippen LogP contribution in [0.4, 0.5) is 11.4 Å². The van der Waals surface area contributed by atoms with Crippen LogP contribution in [0.5, 0.6) is 0 Å². The molecular formula is C22H27N3O2S. The third-order valence-electron chi connectivity index (χ3n) is 4.83. The standard InChI is InChI=1S/C22H27N3O2S/c1-24(2)21(26)16-28-20-9-5-4-8-19(20)22(27)23-17-10-12-18(13-11-17)25-14-6-3-7-15-25/h4-5,8-13H,3,6-7,14-16H2,1-2H3,(H,23,27). The highest BCUT2D eigenvalue weighted by Crippen LogP contribution is 2.25. The minimum Gasteiger partial charge on any atom is -0.372 e. The van der Waals surface area contributed by atoms with Crippen molar-refractivity contribution in [2.45, 2.75) is 24.2 Å². The first-order chi connectivity index (χ1) is 13.5. The van der Waals surface area contributed by atoms with Crippen molar-refractivity contribution in [3.8, 4) is 0 Å². The third kappa shape index (κ3) is 5.29. The molecule has 5 nitrogen and oxygen atoms in total. The molecule has 0 radical (unpaired) electrons. The molecule has 2 amide bonds. The van der Waals surface area contributed by atoms with Gasteiger partial charge >= 0.3 is 0 Å². The highest BCUT2D eigenvalue weighted by molar-refractivity contribution is 8.00. The highest BCUT2D eigenvalue weighted by atomic mass is 32.2. The summed E-state index contributed by atoms with van der Waals surface area (Å²) in [4.78, 5) is 29.4. The van der Waals surface area contributed by atoms with E-state index in [-0.39, 0.29) is 11.8 Å². The van der Waals surface area contributed by atoms with Crippen LogP contribution >= 0.6 is 11.8 Å². The summed E-state index contributed by atoms with van der Waals surface area (Å²) in [6, 6.07) is 15.4. The number of anilines is 2. The molecule has 1 N–H and O–H groups in total. The molecule has 0 spiro atoms. The van der Waals surface area contributed by atoms with Gasteiger partial charge in [-0.3, -0.25) is 9.59 Å². The lowest BCUT2D eigenvalue weighted by Crippen LogP contribution is -2.29. The molecule has 0 aliphatic carbocycles. The predicted molar refractivity (Wildman–Crippen MR) is 116 cm³/mol. The van der Waals surface area contributed by atoms with Crippen molar-refractivity contribution in [3.05, 3.63) is 54.1 Å². The normalized spacial score (nSPS) is 13.9. The van der Waals surface area contributed by atoms with Crippen LogP contribution in [-0.2, 0) is 4.79 Å². The number of hydrogen-bond acceptors (Lipinski definition) is 4. The van der Waals surface area contributed by atoms with Crippen LogP contribution in [0.25, 0.3) is 0 Å². The van der Waals surface area contributed by atoms with Gasteiger partial charge < -0.3 is 15.1 Å². The Labute approximate surface area is 171 Å². The van der Waals surface area contributed by atoms with E-state index in [2.05, 4.69) is 22.3 Å². The van der Waals surface area contributed by atoms with Gasteiger partial charge in [0, 0.05) is 43.5 Å². The molecule has 1 heterocycles. The van der Waals surface area contributed by atoms with Gasteiger partial charge in [-0.05, 0) is 55.7 Å². The maximum atomic E-state index is 12.8. The Morgan fingerprint density at radius 2 is 1.68 bits per heavy atom. The van der Waals surface area contributed by atoms with Crippen molar-refractivity contribution in [1.82, 2.24) is 4.90 Å². The van der Waals surface area contributed by atoms with Crippen LogP contribution < -0.4 is 10.2 Å². The number of benzene rings is 2. The van der Waals surface area contributed by atoms with E-state index >= 15 is 0 Å². The fourth-order valence-electron chi connectivity index (χ4n) is 3.15. The van der Waals surface area contributed by atoms with E-state index in [1.165, 1.54) is 36.7 Å². The lowest BCUT2D eigenvalue weighted by atomic mass is 10.1. The molecule has 3 rings (SSSR count). The van der Waals surface area contributed by atoms with Crippen LogP contribution in [0.3, 0.4) is 0 Å². The molecule has 0 aromatic heterocycles. The molecule has 1 aliphatic rings. The van der Waals surface area contributed by atoms with Gasteiger partial charge in [-0.25, -0.2) is 0 Å². The summed E-state index contributed by atoms with van der Waals surface area (Å²) >= 11 is 1.38. The largest absolute Gasteiger partial charge is 0.372 e. The summed E-state index contributed by atoms with van der Waals surface area (Å²) in [5.41, 5.74) is 2.56. The van der Waals surface area contributed by atoms with Gasteiger partial charge in [0.1, 0.15) is 0 Å². The number of nitrogens with zero attached hydrogens (tertiary/aromatic N) is 2. The van der Waals surface area contributed by atoms with E-state index in [1.54, 1.807) is 25.1 Å². The van der Waals surface area contributed by atoms with Gasteiger partial charge in [-0.15, -0.1) is 11.8 Å². The van der Waals surface area contributed by atoms with E-state index in [9.17, 15) is 9.59 Å². The van der Waals surface area contributed by atoms with Crippen LogP contribution in [0.1, 0.15) is 29.6 Å². The van der Waals surface area contributed by atoms with E-state index in [1.807, 2.05) is 30.3 Å². The van der Waals surface area contributed by atoms with Gasteiger partial charge in [0.25, 0.3) is 5.91 Å². The Hall–Kier alpha value is -2.47. The van der Waals surface area contributed by atoms with Gasteiger partial charge in [0.2, 0.25) is 5.91 Å². The van der Waals surface area contributed by atoms with Crippen molar-refractivity contribution < 1.29 is 9.59 Å². The molecular weight excluding hydrogens is 370 g/mol. The molecule has 1 saturated heterocycles. The number of amides is 2. The number of hydrogen-bond donors (Lipinski definition) is 1. The highest BCUT2D eigenvalue weighted by Gasteiger charge is 2.15. The number of carbonyl (C=O) groups is 2. The number of nitrogens with one attached hydrogen (secondary N) is 1. The zero-order chi connectivity index (χ0) is 19.9. The van der Waals surface area contributed by atoms with Crippen LogP contribution in [0, 0.1) is 0 Å². The fourth-order valence-corrected chi connectivity index (χ4v) is 4.18. The van der Waals surface area contributed by atoms with Gasteiger partial charge in [-0.2, -0.15) is 0 Å². The zero-order valence-corrected chi connectivity index (χ0v) is 17.3. The van der Waals surface area contributed by atoms with E-state index in [4.69, 9.17) is 0 Å². The molecule has 148 valence electrons. The second-order valence-electron chi connectivity index (χ2n) is 7.12. The maximum absolute atomic E-state index is 12.8. The molecule has 0 atom stereocenters. The Bertz CT molecular complexity index is 815. The average Bonchev–Trinajstić information content (AvgIpc) is 2.73. The zero-order valence-electron chi connectivity index (χ0n) is 16.5. The van der Waals surface area contributed by atoms with Gasteiger partial charge in [-0.1, -0.05) is 12.1 Å². The summed E-state index contributed by atoms with van der Waals surface area (Å²) in [7, 11) is 3.46. The van der Waals surface area contributed by atoms with Crippen molar-refractivity contribution in [2.75, 3.05) is 43.2 Å². The van der Waals surface area contributed by atoms with Gasteiger partial charge in [0.15, 0.2) is 0 Å². The quantitative estimate of drug-likeness (QED) is 0.746. The van der Waals surface area contributed by atoms with Crippen LogP contribution in [0.15, 0.2) is 53.4 Å². The van der Waals surface area contributed by atoms with Crippen molar-refractivity contribution >= 4 is 35.0 Å². The van der Waals surface area contributed by atoms with E-state index in [0.29, 0.717) is 11.3 Å². The average molecular weight is 398 g/mol. The van der Waals surface area contributed by atoms with E-state index in [0.717, 1.165) is 23.7 Å². The molecule has 2 aromatic carbocycles. The summed E-state index contributed by atoms with van der Waals surface area (Å²) in [6.07, 6.45) is 3.79. The summed E-state index contributed by atoms with van der Waals surface area (Å²) in [5, 5.41) is 2.97. The van der Waals surface area contributed by atoms with Gasteiger partial charge in [0.05, 0.1) is 11.3 Å². The predicted octanol–water partition coefficient (Wildman–Crippen LogP) is 4.11. The number of piperidine rings is 1. The lowest BCUT2D eigenvalue weighted by Gasteiger charge is -2.28. The fraction of sp³-hybridized carbons (Fsp3) is 0.364. The molecule has 0 unspecified atom stereocenters. The topological polar surface area (TPSA) is 52.7 Å². The maximum Gasteiger partial charge on any atom is 0.256 e. The summed E-state index contributed by atoms with van der Waals surface area (Å²) in [6.45, 7) is 2.20. The molecule has 0 bridgehead atoms. The number of thioether (sulfide) groups is 1. The Kier molecular flexibility index (Phi) is 6.98. The molecule has 1 fully saturated rings.